The maximum absolute atomic E-state index is 5.54. The predicted molar refractivity (Wildman–Crippen MR) is 73.8 cm³/mol. The van der Waals surface area contributed by atoms with Gasteiger partial charge in [0.25, 0.3) is 0 Å². The van der Waals surface area contributed by atoms with Crippen LogP contribution in [0.25, 0.3) is 21.9 Å². The number of fused-ring (bicyclic) bond motifs is 3. The number of hydrogen-bond donors (Lipinski definition) is 2. The first-order chi connectivity index (χ1) is 7.38. The molecule has 90 valence electrons. The first kappa shape index (κ1) is 13.7. The van der Waals surface area contributed by atoms with Crippen molar-refractivity contribution >= 4 is 46.8 Å². The van der Waals surface area contributed by atoms with E-state index in [-0.39, 0.29) is 24.8 Å². The SMILES string of the molecule is Cl.Cl.NCc1nc2c(cnc3ccccc32)[nH]1. The summed E-state index contributed by atoms with van der Waals surface area (Å²) in [6.07, 6.45) is 1.80. The molecular weight excluding hydrogens is 259 g/mol. The Balaban J connectivity index is 0.000000722. The second-order valence-corrected chi connectivity index (χ2v) is 3.43. The number of H-pyrrole nitrogens is 1. The normalized spacial score (nSPS) is 9.94. The second-order valence-electron chi connectivity index (χ2n) is 3.43. The van der Waals surface area contributed by atoms with Gasteiger partial charge in [0.1, 0.15) is 5.82 Å². The highest BCUT2D eigenvalue weighted by Gasteiger charge is 2.05. The Kier molecular flexibility index (Phi) is 4.28. The van der Waals surface area contributed by atoms with Crippen LogP contribution in [0.5, 0.6) is 0 Å². The molecule has 2 heterocycles. The van der Waals surface area contributed by atoms with E-state index in [2.05, 4.69) is 15.0 Å². The van der Waals surface area contributed by atoms with E-state index in [0.29, 0.717) is 6.54 Å². The monoisotopic (exact) mass is 270 g/mol. The maximum atomic E-state index is 5.54. The first-order valence-corrected chi connectivity index (χ1v) is 4.81. The van der Waals surface area contributed by atoms with E-state index in [1.807, 2.05) is 24.3 Å². The summed E-state index contributed by atoms with van der Waals surface area (Å²) in [5.41, 5.74) is 8.39. The van der Waals surface area contributed by atoms with Crippen molar-refractivity contribution in [1.82, 2.24) is 15.0 Å². The number of rotatable bonds is 1. The summed E-state index contributed by atoms with van der Waals surface area (Å²) in [4.78, 5) is 11.9. The topological polar surface area (TPSA) is 67.6 Å². The summed E-state index contributed by atoms with van der Waals surface area (Å²) >= 11 is 0. The maximum Gasteiger partial charge on any atom is 0.121 e. The number of aromatic nitrogens is 3. The fourth-order valence-electron chi connectivity index (χ4n) is 1.75. The van der Waals surface area contributed by atoms with Crippen LogP contribution in [0.2, 0.25) is 0 Å². The van der Waals surface area contributed by atoms with Gasteiger partial charge in [-0.2, -0.15) is 0 Å². The van der Waals surface area contributed by atoms with Gasteiger partial charge >= 0.3 is 0 Å². The third-order valence-corrected chi connectivity index (χ3v) is 2.47. The molecule has 6 heteroatoms. The minimum absolute atomic E-state index is 0. The molecule has 3 N–H and O–H groups in total. The predicted octanol–water partition coefficient (Wildman–Crippen LogP) is 2.41. The van der Waals surface area contributed by atoms with Gasteiger partial charge in [-0.3, -0.25) is 4.98 Å². The van der Waals surface area contributed by atoms with Gasteiger partial charge in [0.2, 0.25) is 0 Å². The lowest BCUT2D eigenvalue weighted by atomic mass is 10.2. The van der Waals surface area contributed by atoms with E-state index in [1.165, 1.54) is 0 Å². The molecule has 0 fully saturated rings. The van der Waals surface area contributed by atoms with Crippen LogP contribution in [0.1, 0.15) is 5.82 Å². The van der Waals surface area contributed by atoms with E-state index in [0.717, 1.165) is 27.8 Å². The summed E-state index contributed by atoms with van der Waals surface area (Å²) in [6, 6.07) is 7.95. The largest absolute Gasteiger partial charge is 0.340 e. The molecule has 0 spiro atoms. The minimum Gasteiger partial charge on any atom is -0.340 e. The molecule has 2 aromatic heterocycles. The number of para-hydroxylation sites is 1. The summed E-state index contributed by atoms with van der Waals surface area (Å²) in [6.45, 7) is 0.420. The molecule has 0 atom stereocenters. The van der Waals surface area contributed by atoms with Crippen LogP contribution in [-0.2, 0) is 6.54 Å². The number of pyridine rings is 1. The molecule has 3 rings (SSSR count). The Bertz CT molecular complexity index is 635. The summed E-state index contributed by atoms with van der Waals surface area (Å²) in [5.74, 6) is 0.795. The molecule has 0 aliphatic heterocycles. The molecule has 3 aromatic rings. The molecule has 0 saturated carbocycles. The van der Waals surface area contributed by atoms with Gasteiger partial charge < -0.3 is 10.7 Å². The van der Waals surface area contributed by atoms with Crippen LogP contribution in [0.3, 0.4) is 0 Å². The zero-order valence-corrected chi connectivity index (χ0v) is 10.5. The van der Waals surface area contributed by atoms with Crippen molar-refractivity contribution in [3.8, 4) is 0 Å². The number of imidazole rings is 1. The highest BCUT2D eigenvalue weighted by atomic mass is 35.5. The number of nitrogens with zero attached hydrogens (tertiary/aromatic N) is 2. The highest BCUT2D eigenvalue weighted by molar-refractivity contribution is 6.01. The van der Waals surface area contributed by atoms with E-state index in [1.54, 1.807) is 6.20 Å². The van der Waals surface area contributed by atoms with Crippen LogP contribution >= 0.6 is 24.8 Å². The second kappa shape index (κ2) is 5.31. The number of hydrogen-bond acceptors (Lipinski definition) is 3. The average molecular weight is 271 g/mol. The highest BCUT2D eigenvalue weighted by Crippen LogP contribution is 2.20. The lowest BCUT2D eigenvalue weighted by Crippen LogP contribution is -1.97. The molecule has 0 bridgehead atoms. The number of benzene rings is 1. The van der Waals surface area contributed by atoms with Crippen molar-refractivity contribution in [3.05, 3.63) is 36.3 Å². The molecule has 0 saturated heterocycles. The molecular formula is C11H12Cl2N4. The number of nitrogens with two attached hydrogens (primary N) is 1. The van der Waals surface area contributed by atoms with Gasteiger partial charge in [-0.15, -0.1) is 24.8 Å². The van der Waals surface area contributed by atoms with Crippen LogP contribution in [0.15, 0.2) is 30.5 Å². The third kappa shape index (κ3) is 2.20. The fourth-order valence-corrected chi connectivity index (χ4v) is 1.75. The Morgan fingerprint density at radius 1 is 1.18 bits per heavy atom. The Morgan fingerprint density at radius 3 is 2.71 bits per heavy atom. The van der Waals surface area contributed by atoms with Crippen molar-refractivity contribution in [3.63, 3.8) is 0 Å². The number of aromatic amines is 1. The molecule has 1 aromatic carbocycles. The van der Waals surface area contributed by atoms with Gasteiger partial charge in [0.05, 0.1) is 29.3 Å². The summed E-state index contributed by atoms with van der Waals surface area (Å²) in [7, 11) is 0. The van der Waals surface area contributed by atoms with Crippen LogP contribution in [0, 0.1) is 0 Å². The van der Waals surface area contributed by atoms with Crippen molar-refractivity contribution in [2.45, 2.75) is 6.54 Å². The zero-order valence-electron chi connectivity index (χ0n) is 8.88. The van der Waals surface area contributed by atoms with Gasteiger partial charge in [0, 0.05) is 5.39 Å². The van der Waals surface area contributed by atoms with E-state index >= 15 is 0 Å². The van der Waals surface area contributed by atoms with Crippen molar-refractivity contribution < 1.29 is 0 Å². The molecule has 4 nitrogen and oxygen atoms in total. The standard InChI is InChI=1S/C11H10N4.2ClH/c12-5-10-14-9-6-13-8-4-2-1-3-7(8)11(9)15-10;;/h1-4,6H,5,12H2,(H,14,15);2*1H. The summed E-state index contributed by atoms with van der Waals surface area (Å²) < 4.78 is 0. The molecule has 0 aliphatic carbocycles. The van der Waals surface area contributed by atoms with Crippen LogP contribution in [0.4, 0.5) is 0 Å². The smallest absolute Gasteiger partial charge is 0.121 e. The van der Waals surface area contributed by atoms with E-state index in [4.69, 9.17) is 5.73 Å². The van der Waals surface area contributed by atoms with Crippen LogP contribution in [-0.4, -0.2) is 15.0 Å². The van der Waals surface area contributed by atoms with E-state index < -0.39 is 0 Å². The lowest BCUT2D eigenvalue weighted by molar-refractivity contribution is 0.959. The lowest BCUT2D eigenvalue weighted by Gasteiger charge is -1.95. The molecule has 0 radical (unpaired) electrons. The van der Waals surface area contributed by atoms with E-state index in [9.17, 15) is 0 Å². The van der Waals surface area contributed by atoms with Crippen molar-refractivity contribution in [1.29, 1.82) is 0 Å². The quantitative estimate of drug-likeness (QED) is 0.714. The zero-order chi connectivity index (χ0) is 10.3. The number of nitrogens with one attached hydrogen (secondary N) is 1. The first-order valence-electron chi connectivity index (χ1n) is 4.81. The fraction of sp³-hybridized carbons (Fsp3) is 0.0909. The van der Waals surface area contributed by atoms with Gasteiger partial charge in [-0.25, -0.2) is 4.98 Å². The van der Waals surface area contributed by atoms with Crippen LogP contribution < -0.4 is 5.73 Å². The Labute approximate surface area is 110 Å². The third-order valence-electron chi connectivity index (χ3n) is 2.47. The van der Waals surface area contributed by atoms with Crippen molar-refractivity contribution in [2.24, 2.45) is 5.73 Å². The molecule has 0 aliphatic rings. The molecule has 17 heavy (non-hydrogen) atoms. The summed E-state index contributed by atoms with van der Waals surface area (Å²) in [5, 5.41) is 1.06. The van der Waals surface area contributed by atoms with Crippen molar-refractivity contribution in [2.75, 3.05) is 0 Å². The molecule has 0 amide bonds. The average Bonchev–Trinajstić information content (AvgIpc) is 2.72. The molecule has 0 unspecified atom stereocenters. The van der Waals surface area contributed by atoms with Gasteiger partial charge in [-0.05, 0) is 6.07 Å². The number of halogens is 2. The van der Waals surface area contributed by atoms with Gasteiger partial charge in [0.15, 0.2) is 0 Å². The van der Waals surface area contributed by atoms with Gasteiger partial charge in [-0.1, -0.05) is 18.2 Å². The Morgan fingerprint density at radius 2 is 1.94 bits per heavy atom. The Hall–Kier alpha value is -1.36. The minimum atomic E-state index is 0.